The molecule has 0 spiro atoms. The number of hydrogen-bond acceptors (Lipinski definition) is 1. The first-order valence-corrected chi connectivity index (χ1v) is 7.30. The molecule has 0 atom stereocenters. The Morgan fingerprint density at radius 1 is 0.957 bits per heavy atom. The van der Waals surface area contributed by atoms with Crippen LogP contribution in [0.3, 0.4) is 0 Å². The minimum Gasteiger partial charge on any atom is -0.328 e. The molecule has 0 aliphatic heterocycles. The number of benzene rings is 2. The van der Waals surface area contributed by atoms with E-state index in [1.165, 1.54) is 0 Å². The van der Waals surface area contributed by atoms with Gasteiger partial charge in [-0.1, -0.05) is 30.3 Å². The second-order valence-corrected chi connectivity index (χ2v) is 5.60. The quantitative estimate of drug-likeness (QED) is 0.813. The Morgan fingerprint density at radius 2 is 1.65 bits per heavy atom. The lowest BCUT2D eigenvalue weighted by molar-refractivity contribution is 0.185. The number of rotatable bonds is 3. The number of carbonyl (C=O) groups is 1. The van der Waals surface area contributed by atoms with E-state index in [-0.39, 0.29) is 0 Å². The number of nitrogens with one attached hydrogen (secondary N) is 2. The summed E-state index contributed by atoms with van der Waals surface area (Å²) in [7, 11) is 0. The van der Waals surface area contributed by atoms with Crippen LogP contribution in [0.2, 0.25) is 0 Å². The predicted molar refractivity (Wildman–Crippen MR) is 80.4 cm³/mol. The molecule has 0 radical (unpaired) electrons. The lowest BCUT2D eigenvalue weighted by Gasteiger charge is -2.43. The zero-order valence-corrected chi connectivity index (χ0v) is 12.2. The van der Waals surface area contributed by atoms with Gasteiger partial charge in [0.05, 0.1) is 11.2 Å². The third kappa shape index (κ3) is 2.88. The van der Waals surface area contributed by atoms with Gasteiger partial charge in [-0.25, -0.2) is 18.0 Å². The van der Waals surface area contributed by atoms with Crippen molar-refractivity contribution in [3.63, 3.8) is 0 Å². The third-order valence-electron chi connectivity index (χ3n) is 4.17. The zero-order chi connectivity index (χ0) is 16.4. The molecule has 6 heteroatoms. The number of halogens is 3. The fraction of sp³-hybridized carbons (Fsp3) is 0.235. The van der Waals surface area contributed by atoms with Gasteiger partial charge in [0.1, 0.15) is 0 Å². The number of hydrogen-bond donors (Lipinski definition) is 2. The maximum atomic E-state index is 13.6. The van der Waals surface area contributed by atoms with Crippen LogP contribution in [0.4, 0.5) is 23.7 Å². The maximum Gasteiger partial charge on any atom is 0.320 e. The monoisotopic (exact) mass is 320 g/mol. The van der Waals surface area contributed by atoms with Crippen molar-refractivity contribution in [3.8, 4) is 0 Å². The summed E-state index contributed by atoms with van der Waals surface area (Å²) < 4.78 is 39.7. The van der Waals surface area contributed by atoms with Gasteiger partial charge in [0.2, 0.25) is 0 Å². The van der Waals surface area contributed by atoms with Crippen molar-refractivity contribution in [3.05, 3.63) is 65.5 Å². The molecule has 3 rings (SSSR count). The van der Waals surface area contributed by atoms with Crippen LogP contribution in [-0.4, -0.2) is 6.03 Å². The van der Waals surface area contributed by atoms with Gasteiger partial charge in [0.25, 0.3) is 0 Å². The lowest BCUT2D eigenvalue weighted by atomic mass is 9.72. The molecule has 2 aromatic rings. The van der Waals surface area contributed by atoms with E-state index in [2.05, 4.69) is 10.6 Å². The summed E-state index contributed by atoms with van der Waals surface area (Å²) >= 11 is 0. The van der Waals surface area contributed by atoms with Crippen LogP contribution in [0, 0.1) is 17.5 Å². The summed E-state index contributed by atoms with van der Waals surface area (Å²) in [5.41, 5.74) is 0.0662. The fourth-order valence-electron chi connectivity index (χ4n) is 2.77. The summed E-state index contributed by atoms with van der Waals surface area (Å²) in [5, 5.41) is 5.06. The van der Waals surface area contributed by atoms with Crippen LogP contribution in [0.15, 0.2) is 42.5 Å². The first-order chi connectivity index (χ1) is 11.0. The summed E-state index contributed by atoms with van der Waals surface area (Å²) in [5.74, 6) is -4.32. The molecule has 0 bridgehead atoms. The van der Waals surface area contributed by atoms with E-state index in [4.69, 9.17) is 0 Å². The Labute approximate surface area is 131 Å². The van der Waals surface area contributed by atoms with Gasteiger partial charge in [-0.3, -0.25) is 0 Å². The third-order valence-corrected chi connectivity index (χ3v) is 4.17. The predicted octanol–water partition coefficient (Wildman–Crippen LogP) is 4.30. The molecular formula is C17H15F3N2O. The Bertz CT molecular complexity index is 730. The van der Waals surface area contributed by atoms with Crippen molar-refractivity contribution in [2.24, 2.45) is 0 Å². The second kappa shape index (κ2) is 5.95. The fourth-order valence-corrected chi connectivity index (χ4v) is 2.77. The number of anilines is 1. The smallest absolute Gasteiger partial charge is 0.320 e. The van der Waals surface area contributed by atoms with Crippen LogP contribution >= 0.6 is 0 Å². The molecule has 2 aromatic carbocycles. The molecule has 0 unspecified atom stereocenters. The van der Waals surface area contributed by atoms with Gasteiger partial charge < -0.3 is 10.6 Å². The van der Waals surface area contributed by atoms with Gasteiger partial charge in [-0.15, -0.1) is 0 Å². The molecule has 1 aliphatic rings. The van der Waals surface area contributed by atoms with E-state index in [0.29, 0.717) is 0 Å². The largest absolute Gasteiger partial charge is 0.328 e. The van der Waals surface area contributed by atoms with Gasteiger partial charge in [-0.05, 0) is 37.0 Å². The summed E-state index contributed by atoms with van der Waals surface area (Å²) in [4.78, 5) is 12.1. The molecule has 0 saturated heterocycles. The van der Waals surface area contributed by atoms with E-state index >= 15 is 0 Å². The van der Waals surface area contributed by atoms with Crippen molar-refractivity contribution in [1.82, 2.24) is 5.32 Å². The van der Waals surface area contributed by atoms with E-state index in [1.807, 2.05) is 30.3 Å². The minimum atomic E-state index is -1.61. The summed E-state index contributed by atoms with van der Waals surface area (Å²) in [6.07, 6.45) is 2.50. The highest BCUT2D eigenvalue weighted by atomic mass is 19.2. The first-order valence-electron chi connectivity index (χ1n) is 7.30. The molecule has 2 N–H and O–H groups in total. The van der Waals surface area contributed by atoms with Gasteiger partial charge >= 0.3 is 6.03 Å². The first kappa shape index (κ1) is 15.4. The molecule has 1 aliphatic carbocycles. The molecule has 120 valence electrons. The zero-order valence-electron chi connectivity index (χ0n) is 12.2. The normalized spacial score (nSPS) is 15.6. The van der Waals surface area contributed by atoms with E-state index in [1.54, 1.807) is 0 Å². The van der Waals surface area contributed by atoms with E-state index < -0.39 is 34.7 Å². The molecule has 3 nitrogen and oxygen atoms in total. The van der Waals surface area contributed by atoms with Gasteiger partial charge in [0, 0.05) is 0 Å². The highest BCUT2D eigenvalue weighted by Crippen LogP contribution is 2.41. The summed E-state index contributed by atoms with van der Waals surface area (Å²) in [6.45, 7) is 0. The van der Waals surface area contributed by atoms with Crippen LogP contribution in [0.25, 0.3) is 0 Å². The minimum absolute atomic E-state index is 0.399. The number of carbonyl (C=O) groups excluding carboxylic acids is 1. The van der Waals surface area contributed by atoms with Crippen molar-refractivity contribution < 1.29 is 18.0 Å². The lowest BCUT2D eigenvalue weighted by Crippen LogP contribution is -2.52. The van der Waals surface area contributed by atoms with Crippen molar-refractivity contribution in [2.75, 3.05) is 5.32 Å². The standard InChI is InChI=1S/C17H15F3N2O/c18-12-7-8-13(15(20)14(12)19)21-16(23)22-17(9-4-10-17)11-5-2-1-3-6-11/h1-3,5-8H,4,9-10H2,(H2,21,22,23). The Balaban J connectivity index is 1.76. The number of amides is 2. The molecular weight excluding hydrogens is 305 g/mol. The molecule has 23 heavy (non-hydrogen) atoms. The average molecular weight is 320 g/mol. The van der Waals surface area contributed by atoms with Crippen LogP contribution in [0.5, 0.6) is 0 Å². The van der Waals surface area contributed by atoms with Crippen molar-refractivity contribution >= 4 is 11.7 Å². The van der Waals surface area contributed by atoms with Crippen molar-refractivity contribution in [2.45, 2.75) is 24.8 Å². The molecule has 1 fully saturated rings. The van der Waals surface area contributed by atoms with Crippen molar-refractivity contribution in [1.29, 1.82) is 0 Å². The molecule has 0 heterocycles. The highest BCUT2D eigenvalue weighted by molar-refractivity contribution is 5.90. The molecule has 0 aromatic heterocycles. The Hall–Kier alpha value is -2.50. The van der Waals surface area contributed by atoms with E-state index in [9.17, 15) is 18.0 Å². The Morgan fingerprint density at radius 3 is 2.26 bits per heavy atom. The summed E-state index contributed by atoms with van der Waals surface area (Å²) in [6, 6.07) is 10.6. The average Bonchev–Trinajstić information content (AvgIpc) is 2.52. The van der Waals surface area contributed by atoms with Crippen LogP contribution in [-0.2, 0) is 5.54 Å². The van der Waals surface area contributed by atoms with Gasteiger partial charge in [0.15, 0.2) is 17.5 Å². The van der Waals surface area contributed by atoms with E-state index in [0.717, 1.165) is 37.0 Å². The van der Waals surface area contributed by atoms with Crippen LogP contribution in [0.1, 0.15) is 24.8 Å². The topological polar surface area (TPSA) is 41.1 Å². The second-order valence-electron chi connectivity index (χ2n) is 5.60. The van der Waals surface area contributed by atoms with Gasteiger partial charge in [-0.2, -0.15) is 0 Å². The van der Waals surface area contributed by atoms with Crippen LogP contribution < -0.4 is 10.6 Å². The Kier molecular flexibility index (Phi) is 3.98. The highest BCUT2D eigenvalue weighted by Gasteiger charge is 2.40. The number of urea groups is 1. The SMILES string of the molecule is O=C(Nc1ccc(F)c(F)c1F)NC1(c2ccccc2)CCC1. The molecule has 2 amide bonds. The molecule has 1 saturated carbocycles. The maximum absolute atomic E-state index is 13.6.